The molecular formula is C12H10O3. The van der Waals surface area contributed by atoms with Crippen LogP contribution in [-0.4, -0.2) is 6.29 Å². The summed E-state index contributed by atoms with van der Waals surface area (Å²) < 4.78 is 5.47. The lowest BCUT2D eigenvalue weighted by atomic mass is 10.1. The van der Waals surface area contributed by atoms with Gasteiger partial charge in [0.15, 0.2) is 5.43 Å². The number of carbonyl (C=O) groups is 1. The van der Waals surface area contributed by atoms with E-state index in [-0.39, 0.29) is 11.8 Å². The predicted octanol–water partition coefficient (Wildman–Crippen LogP) is 1.84. The van der Waals surface area contributed by atoms with E-state index in [9.17, 15) is 9.59 Å². The van der Waals surface area contributed by atoms with Crippen molar-refractivity contribution in [2.45, 2.75) is 13.3 Å². The van der Waals surface area contributed by atoms with E-state index in [1.807, 2.05) is 0 Å². The van der Waals surface area contributed by atoms with E-state index in [0.717, 1.165) is 11.8 Å². The van der Waals surface area contributed by atoms with Gasteiger partial charge in [-0.05, 0) is 13.0 Å². The highest BCUT2D eigenvalue weighted by atomic mass is 16.3. The van der Waals surface area contributed by atoms with Crippen molar-refractivity contribution in [3.63, 3.8) is 0 Å². The average Bonchev–Trinajstić information content (AvgIpc) is 2.19. The molecule has 15 heavy (non-hydrogen) atoms. The molecular weight excluding hydrogens is 192 g/mol. The van der Waals surface area contributed by atoms with Crippen LogP contribution in [-0.2, 0) is 11.2 Å². The lowest BCUT2D eigenvalue weighted by Gasteiger charge is -2.02. The van der Waals surface area contributed by atoms with Crippen LogP contribution in [0.3, 0.4) is 0 Å². The van der Waals surface area contributed by atoms with Crippen LogP contribution in [0.15, 0.2) is 33.5 Å². The van der Waals surface area contributed by atoms with E-state index >= 15 is 0 Å². The molecule has 0 fully saturated rings. The SMILES string of the molecule is Cc1cc(=O)c2cccc(CC=O)c2o1. The molecule has 0 amide bonds. The lowest BCUT2D eigenvalue weighted by molar-refractivity contribution is -0.107. The molecule has 0 radical (unpaired) electrons. The summed E-state index contributed by atoms with van der Waals surface area (Å²) in [7, 11) is 0. The maximum absolute atomic E-state index is 11.6. The minimum absolute atomic E-state index is 0.0681. The molecule has 0 aliphatic heterocycles. The fourth-order valence-corrected chi connectivity index (χ4v) is 1.60. The first-order valence-electron chi connectivity index (χ1n) is 4.68. The molecule has 0 spiro atoms. The van der Waals surface area contributed by atoms with Crippen LogP contribution in [0.5, 0.6) is 0 Å². The van der Waals surface area contributed by atoms with E-state index in [2.05, 4.69) is 0 Å². The summed E-state index contributed by atoms with van der Waals surface area (Å²) >= 11 is 0. The topological polar surface area (TPSA) is 47.3 Å². The predicted molar refractivity (Wildman–Crippen MR) is 57.0 cm³/mol. The second-order valence-electron chi connectivity index (χ2n) is 3.39. The Bertz CT molecular complexity index is 567. The van der Waals surface area contributed by atoms with Gasteiger partial charge in [0.25, 0.3) is 0 Å². The lowest BCUT2D eigenvalue weighted by Crippen LogP contribution is -2.02. The summed E-state index contributed by atoms with van der Waals surface area (Å²) in [6, 6.07) is 6.70. The molecule has 0 N–H and O–H groups in total. The highest BCUT2D eigenvalue weighted by molar-refractivity contribution is 5.81. The number of benzene rings is 1. The van der Waals surface area contributed by atoms with Crippen LogP contribution < -0.4 is 5.43 Å². The molecule has 0 bridgehead atoms. The Hall–Kier alpha value is -1.90. The minimum Gasteiger partial charge on any atom is -0.461 e. The summed E-state index contributed by atoms with van der Waals surface area (Å²) in [5.41, 5.74) is 1.21. The van der Waals surface area contributed by atoms with Gasteiger partial charge >= 0.3 is 0 Å². The quantitative estimate of drug-likeness (QED) is 0.698. The number of aldehydes is 1. The monoisotopic (exact) mass is 202 g/mol. The maximum atomic E-state index is 11.6. The van der Waals surface area contributed by atoms with E-state index in [0.29, 0.717) is 16.7 Å². The summed E-state index contributed by atoms with van der Waals surface area (Å²) in [5.74, 6) is 0.561. The van der Waals surface area contributed by atoms with Crippen LogP contribution in [0.25, 0.3) is 11.0 Å². The zero-order chi connectivity index (χ0) is 10.8. The van der Waals surface area contributed by atoms with E-state index in [1.54, 1.807) is 25.1 Å². The Kier molecular flexibility index (Phi) is 2.37. The normalized spacial score (nSPS) is 10.5. The van der Waals surface area contributed by atoms with Crippen molar-refractivity contribution in [2.24, 2.45) is 0 Å². The highest BCUT2D eigenvalue weighted by Crippen LogP contribution is 2.17. The van der Waals surface area contributed by atoms with Gasteiger partial charge < -0.3 is 9.21 Å². The average molecular weight is 202 g/mol. The molecule has 2 aromatic rings. The van der Waals surface area contributed by atoms with Crippen LogP contribution >= 0.6 is 0 Å². The van der Waals surface area contributed by atoms with Gasteiger partial charge in [0.2, 0.25) is 0 Å². The number of rotatable bonds is 2. The summed E-state index contributed by atoms with van der Waals surface area (Å²) in [5, 5.41) is 0.528. The fraction of sp³-hybridized carbons (Fsp3) is 0.167. The third-order valence-corrected chi connectivity index (χ3v) is 2.26. The maximum Gasteiger partial charge on any atom is 0.192 e. The Morgan fingerprint density at radius 2 is 2.20 bits per heavy atom. The summed E-state index contributed by atoms with van der Waals surface area (Å²) in [6.07, 6.45) is 1.07. The van der Waals surface area contributed by atoms with Crippen molar-refractivity contribution in [1.82, 2.24) is 0 Å². The van der Waals surface area contributed by atoms with Crippen LogP contribution in [0.1, 0.15) is 11.3 Å². The molecule has 3 nitrogen and oxygen atoms in total. The summed E-state index contributed by atoms with van der Waals surface area (Å²) in [4.78, 5) is 22.1. The first-order valence-corrected chi connectivity index (χ1v) is 4.68. The third kappa shape index (κ3) is 1.68. The number of para-hydroxylation sites is 1. The number of hydrogen-bond donors (Lipinski definition) is 0. The van der Waals surface area contributed by atoms with Gasteiger partial charge in [0.05, 0.1) is 5.39 Å². The standard InChI is InChI=1S/C12H10O3/c1-8-7-11(14)10-4-2-3-9(5-6-13)12(10)15-8/h2-4,6-7H,5H2,1H3. The van der Waals surface area contributed by atoms with Crippen molar-refractivity contribution >= 4 is 17.3 Å². The second-order valence-corrected chi connectivity index (χ2v) is 3.39. The Morgan fingerprint density at radius 3 is 2.93 bits per heavy atom. The number of hydrogen-bond acceptors (Lipinski definition) is 3. The molecule has 0 unspecified atom stereocenters. The Balaban J connectivity index is 2.84. The Morgan fingerprint density at radius 1 is 1.40 bits per heavy atom. The van der Waals surface area contributed by atoms with Gasteiger partial charge in [0, 0.05) is 18.1 Å². The van der Waals surface area contributed by atoms with E-state index in [4.69, 9.17) is 4.42 Å². The molecule has 0 atom stereocenters. The fourth-order valence-electron chi connectivity index (χ4n) is 1.60. The van der Waals surface area contributed by atoms with Crippen LogP contribution in [0.4, 0.5) is 0 Å². The van der Waals surface area contributed by atoms with Crippen molar-refractivity contribution in [3.8, 4) is 0 Å². The molecule has 76 valence electrons. The third-order valence-electron chi connectivity index (χ3n) is 2.26. The zero-order valence-corrected chi connectivity index (χ0v) is 8.32. The molecule has 3 heteroatoms. The smallest absolute Gasteiger partial charge is 0.192 e. The van der Waals surface area contributed by atoms with Gasteiger partial charge in [-0.25, -0.2) is 0 Å². The van der Waals surface area contributed by atoms with Crippen molar-refractivity contribution < 1.29 is 9.21 Å². The van der Waals surface area contributed by atoms with Gasteiger partial charge in [-0.2, -0.15) is 0 Å². The van der Waals surface area contributed by atoms with E-state index < -0.39 is 0 Å². The van der Waals surface area contributed by atoms with Gasteiger partial charge in [-0.3, -0.25) is 4.79 Å². The molecule has 1 aromatic heterocycles. The second kappa shape index (κ2) is 3.69. The molecule has 1 heterocycles. The molecule has 1 aromatic carbocycles. The van der Waals surface area contributed by atoms with Crippen molar-refractivity contribution in [3.05, 3.63) is 45.8 Å². The number of carbonyl (C=O) groups excluding carboxylic acids is 1. The summed E-state index contributed by atoms with van der Waals surface area (Å²) in [6.45, 7) is 1.72. The molecule has 2 rings (SSSR count). The highest BCUT2D eigenvalue weighted by Gasteiger charge is 2.06. The molecule has 0 saturated heterocycles. The molecule has 0 saturated carbocycles. The molecule has 0 aliphatic carbocycles. The zero-order valence-electron chi connectivity index (χ0n) is 8.32. The van der Waals surface area contributed by atoms with Gasteiger partial charge in [0.1, 0.15) is 17.6 Å². The van der Waals surface area contributed by atoms with Crippen molar-refractivity contribution in [1.29, 1.82) is 0 Å². The molecule has 0 aliphatic rings. The number of aryl methyl sites for hydroxylation is 1. The minimum atomic E-state index is -0.0681. The first-order chi connectivity index (χ1) is 7.22. The first kappa shape index (κ1) is 9.65. The van der Waals surface area contributed by atoms with Crippen LogP contribution in [0.2, 0.25) is 0 Å². The van der Waals surface area contributed by atoms with Crippen LogP contribution in [0, 0.1) is 6.92 Å². The largest absolute Gasteiger partial charge is 0.461 e. The van der Waals surface area contributed by atoms with Crippen molar-refractivity contribution in [2.75, 3.05) is 0 Å². The Labute approximate surface area is 86.3 Å². The number of fused-ring (bicyclic) bond motifs is 1. The van der Waals surface area contributed by atoms with E-state index in [1.165, 1.54) is 6.07 Å². The van der Waals surface area contributed by atoms with Gasteiger partial charge in [-0.1, -0.05) is 12.1 Å². The van der Waals surface area contributed by atoms with Gasteiger partial charge in [-0.15, -0.1) is 0 Å².